The topological polar surface area (TPSA) is 12.0 Å². The molecule has 1 atom stereocenters. The van der Waals surface area contributed by atoms with E-state index in [1.807, 2.05) is 12.1 Å². The van der Waals surface area contributed by atoms with Crippen molar-refractivity contribution in [1.82, 2.24) is 5.32 Å². The van der Waals surface area contributed by atoms with Crippen LogP contribution in [0.3, 0.4) is 0 Å². The molecule has 0 saturated carbocycles. The van der Waals surface area contributed by atoms with Gasteiger partial charge in [0.25, 0.3) is 0 Å². The van der Waals surface area contributed by atoms with Crippen molar-refractivity contribution >= 4 is 22.9 Å². The van der Waals surface area contributed by atoms with Crippen LogP contribution in [0.4, 0.5) is 4.39 Å². The molecule has 2 aromatic rings. The van der Waals surface area contributed by atoms with E-state index in [9.17, 15) is 4.39 Å². The highest BCUT2D eigenvalue weighted by Gasteiger charge is 2.17. The number of halogens is 2. The van der Waals surface area contributed by atoms with E-state index < -0.39 is 0 Å². The summed E-state index contributed by atoms with van der Waals surface area (Å²) in [7, 11) is 0. The first-order valence-corrected chi connectivity index (χ1v) is 8.60. The Morgan fingerprint density at radius 1 is 1.24 bits per heavy atom. The van der Waals surface area contributed by atoms with Crippen molar-refractivity contribution in [2.24, 2.45) is 0 Å². The standard InChI is InChI=1S/C17H21ClFNS/c1-3-10-20-15(16-9-8-13(4-2)21-16)11-12-6-5-7-14(18)17(12)19/h5-9,15,20H,3-4,10-11H2,1-2H3. The lowest BCUT2D eigenvalue weighted by atomic mass is 10.0. The molecule has 4 heteroatoms. The Kier molecular flexibility index (Phi) is 6.22. The fourth-order valence-electron chi connectivity index (χ4n) is 2.29. The van der Waals surface area contributed by atoms with Gasteiger partial charge in [-0.2, -0.15) is 0 Å². The van der Waals surface area contributed by atoms with E-state index in [4.69, 9.17) is 11.6 Å². The van der Waals surface area contributed by atoms with Crippen LogP contribution in [0.1, 0.15) is 41.6 Å². The zero-order chi connectivity index (χ0) is 15.2. The highest BCUT2D eigenvalue weighted by Crippen LogP contribution is 2.28. The van der Waals surface area contributed by atoms with Crippen LogP contribution in [0.5, 0.6) is 0 Å². The first-order chi connectivity index (χ1) is 10.2. The zero-order valence-electron chi connectivity index (χ0n) is 12.5. The summed E-state index contributed by atoms with van der Waals surface area (Å²) >= 11 is 7.68. The number of hydrogen-bond acceptors (Lipinski definition) is 2. The Morgan fingerprint density at radius 2 is 2.05 bits per heavy atom. The lowest BCUT2D eigenvalue weighted by molar-refractivity contribution is 0.519. The molecule has 1 aromatic carbocycles. The Hall–Kier alpha value is -0.900. The van der Waals surface area contributed by atoms with Gasteiger partial charge in [0, 0.05) is 15.8 Å². The van der Waals surface area contributed by atoms with Crippen molar-refractivity contribution < 1.29 is 4.39 Å². The monoisotopic (exact) mass is 325 g/mol. The van der Waals surface area contributed by atoms with E-state index in [1.165, 1.54) is 9.75 Å². The van der Waals surface area contributed by atoms with Crippen LogP contribution in [-0.4, -0.2) is 6.54 Å². The maximum absolute atomic E-state index is 14.1. The van der Waals surface area contributed by atoms with E-state index in [1.54, 1.807) is 17.4 Å². The average Bonchev–Trinajstić information content (AvgIpc) is 2.96. The molecule has 0 aliphatic rings. The second kappa shape index (κ2) is 7.92. The number of hydrogen-bond donors (Lipinski definition) is 1. The maximum atomic E-state index is 14.1. The minimum atomic E-state index is -0.297. The molecule has 114 valence electrons. The first kappa shape index (κ1) is 16.5. The fourth-order valence-corrected chi connectivity index (χ4v) is 3.51. The summed E-state index contributed by atoms with van der Waals surface area (Å²) in [6.45, 7) is 5.21. The summed E-state index contributed by atoms with van der Waals surface area (Å²) in [4.78, 5) is 2.62. The van der Waals surface area contributed by atoms with Gasteiger partial charge in [-0.15, -0.1) is 11.3 Å². The quantitative estimate of drug-likeness (QED) is 0.720. The third-order valence-corrected chi connectivity index (χ3v) is 5.11. The molecule has 1 unspecified atom stereocenters. The van der Waals surface area contributed by atoms with Gasteiger partial charge in [0.1, 0.15) is 5.82 Å². The Balaban J connectivity index is 2.21. The molecule has 0 spiro atoms. The van der Waals surface area contributed by atoms with Gasteiger partial charge in [0.15, 0.2) is 0 Å². The van der Waals surface area contributed by atoms with E-state index >= 15 is 0 Å². The van der Waals surface area contributed by atoms with Crippen molar-refractivity contribution in [1.29, 1.82) is 0 Å². The summed E-state index contributed by atoms with van der Waals surface area (Å²) in [6.07, 6.45) is 2.72. The van der Waals surface area contributed by atoms with Gasteiger partial charge < -0.3 is 5.32 Å². The summed E-state index contributed by atoms with van der Waals surface area (Å²) in [5.74, 6) is -0.297. The number of aryl methyl sites for hydroxylation is 1. The fraction of sp³-hybridized carbons (Fsp3) is 0.412. The Morgan fingerprint density at radius 3 is 2.71 bits per heavy atom. The molecule has 0 radical (unpaired) electrons. The summed E-state index contributed by atoms with van der Waals surface area (Å²) in [5, 5.41) is 3.72. The first-order valence-electron chi connectivity index (χ1n) is 7.40. The van der Waals surface area contributed by atoms with Crippen molar-refractivity contribution in [2.75, 3.05) is 6.54 Å². The van der Waals surface area contributed by atoms with Gasteiger partial charge in [-0.3, -0.25) is 0 Å². The largest absolute Gasteiger partial charge is 0.309 e. The van der Waals surface area contributed by atoms with Crippen molar-refractivity contribution in [2.45, 2.75) is 39.2 Å². The van der Waals surface area contributed by atoms with E-state index in [-0.39, 0.29) is 16.9 Å². The minimum Gasteiger partial charge on any atom is -0.309 e. The van der Waals surface area contributed by atoms with Gasteiger partial charge in [-0.1, -0.05) is 37.6 Å². The lowest BCUT2D eigenvalue weighted by Crippen LogP contribution is -2.23. The van der Waals surface area contributed by atoms with Gasteiger partial charge in [0.2, 0.25) is 0 Å². The highest BCUT2D eigenvalue weighted by atomic mass is 35.5. The third kappa shape index (κ3) is 4.29. The average molecular weight is 326 g/mol. The lowest BCUT2D eigenvalue weighted by Gasteiger charge is -2.18. The molecular formula is C17H21ClFNS. The maximum Gasteiger partial charge on any atom is 0.145 e. The molecule has 2 rings (SSSR count). The van der Waals surface area contributed by atoms with Crippen LogP contribution in [-0.2, 0) is 12.8 Å². The van der Waals surface area contributed by atoms with Crippen LogP contribution in [0.25, 0.3) is 0 Å². The molecule has 0 aliphatic carbocycles. The highest BCUT2D eigenvalue weighted by molar-refractivity contribution is 7.12. The number of thiophene rings is 1. The summed E-state index contributed by atoms with van der Waals surface area (Å²) in [6, 6.07) is 9.67. The molecule has 0 amide bonds. The molecule has 0 bridgehead atoms. The normalized spacial score (nSPS) is 12.6. The predicted molar refractivity (Wildman–Crippen MR) is 89.8 cm³/mol. The smallest absolute Gasteiger partial charge is 0.145 e. The van der Waals surface area contributed by atoms with Gasteiger partial charge in [-0.05, 0) is 49.6 Å². The second-order valence-corrected chi connectivity index (χ2v) is 6.69. The van der Waals surface area contributed by atoms with E-state index in [0.717, 1.165) is 19.4 Å². The molecule has 21 heavy (non-hydrogen) atoms. The van der Waals surface area contributed by atoms with Crippen LogP contribution in [0, 0.1) is 5.82 Å². The van der Waals surface area contributed by atoms with Crippen LogP contribution < -0.4 is 5.32 Å². The SMILES string of the molecule is CCCNC(Cc1cccc(Cl)c1F)c1ccc(CC)s1. The summed E-state index contributed by atoms with van der Waals surface area (Å²) in [5.41, 5.74) is 0.669. The molecule has 1 heterocycles. The molecule has 0 fully saturated rings. The van der Waals surface area contributed by atoms with Gasteiger partial charge in [-0.25, -0.2) is 4.39 Å². The zero-order valence-corrected chi connectivity index (χ0v) is 14.0. The van der Waals surface area contributed by atoms with E-state index in [2.05, 4.69) is 31.3 Å². The molecule has 1 aromatic heterocycles. The predicted octanol–water partition coefficient (Wildman–Crippen LogP) is 5.39. The molecule has 1 N–H and O–H groups in total. The Labute approximate surface area is 135 Å². The number of nitrogens with one attached hydrogen (secondary N) is 1. The van der Waals surface area contributed by atoms with Gasteiger partial charge >= 0.3 is 0 Å². The van der Waals surface area contributed by atoms with Crippen molar-refractivity contribution in [3.05, 3.63) is 56.5 Å². The van der Waals surface area contributed by atoms with Gasteiger partial charge in [0.05, 0.1) is 5.02 Å². The molecule has 0 saturated heterocycles. The second-order valence-electron chi connectivity index (χ2n) is 5.08. The number of rotatable bonds is 7. The van der Waals surface area contributed by atoms with Crippen molar-refractivity contribution in [3.63, 3.8) is 0 Å². The van der Waals surface area contributed by atoms with E-state index in [0.29, 0.717) is 12.0 Å². The molecule has 1 nitrogen and oxygen atoms in total. The minimum absolute atomic E-state index is 0.142. The summed E-state index contributed by atoms with van der Waals surface area (Å²) < 4.78 is 14.1. The molecular weight excluding hydrogens is 305 g/mol. The number of benzene rings is 1. The van der Waals surface area contributed by atoms with Crippen LogP contribution in [0.15, 0.2) is 30.3 Å². The van der Waals surface area contributed by atoms with Crippen molar-refractivity contribution in [3.8, 4) is 0 Å². The Bertz CT molecular complexity index is 582. The third-order valence-electron chi connectivity index (χ3n) is 3.47. The molecule has 0 aliphatic heterocycles. The van der Waals surface area contributed by atoms with Crippen LogP contribution in [0.2, 0.25) is 5.02 Å². The van der Waals surface area contributed by atoms with Crippen LogP contribution >= 0.6 is 22.9 Å².